The molecular formula is C75H78N2. The molecule has 2 nitrogen and oxygen atoms in total. The molecule has 2 unspecified atom stereocenters. The van der Waals surface area contributed by atoms with Crippen LogP contribution in [0.3, 0.4) is 0 Å². The van der Waals surface area contributed by atoms with Gasteiger partial charge in [-0.15, -0.1) is 0 Å². The van der Waals surface area contributed by atoms with Gasteiger partial charge in [-0.05, 0) is 253 Å². The maximum absolute atomic E-state index is 4.58. The minimum atomic E-state index is 0.364. The van der Waals surface area contributed by atoms with Gasteiger partial charge in [0.1, 0.15) is 0 Å². The van der Waals surface area contributed by atoms with E-state index in [2.05, 4.69) is 269 Å². The minimum absolute atomic E-state index is 0.364. The summed E-state index contributed by atoms with van der Waals surface area (Å²) < 4.78 is 0. The van der Waals surface area contributed by atoms with E-state index in [9.17, 15) is 0 Å². The highest BCUT2D eigenvalue weighted by molar-refractivity contribution is 6.10. The van der Waals surface area contributed by atoms with E-state index >= 15 is 0 Å². The van der Waals surface area contributed by atoms with E-state index in [1.165, 1.54) is 128 Å². The minimum Gasteiger partial charge on any atom is -0.310 e. The largest absolute Gasteiger partial charge is 0.310 e. The van der Waals surface area contributed by atoms with E-state index in [4.69, 9.17) is 0 Å². The summed E-state index contributed by atoms with van der Waals surface area (Å²) in [7, 11) is 0. The van der Waals surface area contributed by atoms with Gasteiger partial charge in [0.15, 0.2) is 0 Å². The summed E-state index contributed by atoms with van der Waals surface area (Å²) in [5.41, 5.74) is 29.0. The smallest absolute Gasteiger partial charge is 0.0546 e. The number of hydrogen-bond acceptors (Lipinski definition) is 2. The van der Waals surface area contributed by atoms with Crippen molar-refractivity contribution in [1.82, 2.24) is 0 Å². The number of fused-ring (bicyclic) bond motifs is 1. The van der Waals surface area contributed by atoms with E-state index in [1.54, 1.807) is 0 Å². The van der Waals surface area contributed by atoms with Gasteiger partial charge >= 0.3 is 0 Å². The molecule has 2 heteroatoms. The first kappa shape index (κ1) is 52.7. The van der Waals surface area contributed by atoms with Gasteiger partial charge in [-0.25, -0.2) is 0 Å². The Bertz CT molecular complexity index is 3700. The van der Waals surface area contributed by atoms with Crippen molar-refractivity contribution in [2.24, 2.45) is 11.8 Å². The summed E-state index contributed by atoms with van der Waals surface area (Å²) in [4.78, 5) is 5.19. The number of rotatable bonds is 12. The van der Waals surface area contributed by atoms with Gasteiger partial charge in [0.05, 0.1) is 5.69 Å². The molecule has 7 aromatic rings. The number of anilines is 4. The lowest BCUT2D eigenvalue weighted by molar-refractivity contribution is 0.518. The van der Waals surface area contributed by atoms with Crippen LogP contribution in [0.1, 0.15) is 119 Å². The van der Waals surface area contributed by atoms with Crippen LogP contribution in [-0.2, 0) is 25.7 Å². The van der Waals surface area contributed by atoms with Crippen molar-refractivity contribution in [2.75, 3.05) is 9.80 Å². The molecule has 0 aliphatic heterocycles. The Labute approximate surface area is 461 Å². The SMILES string of the molecule is C=C1/C=C\C=C/C/C=C\C(c2cc(N(c3cc(C)c(C)c(C)c3)c3cc(C)c(CC)c(C)c3)c3c4c(c(/C(=C\Cc5ccc6ccccc6c5)N(C5=CC(C)C(C)C(C)=C5)c5cc(C)c(CC)c(C)c5)ccc24)CC=C3)=C/1. The molecular weight excluding hydrogens is 929 g/mol. The number of benzene rings is 7. The molecule has 2 atom stereocenters. The molecule has 3 aliphatic rings. The van der Waals surface area contributed by atoms with Gasteiger partial charge in [0.25, 0.3) is 0 Å². The van der Waals surface area contributed by atoms with Crippen LogP contribution in [0, 0.1) is 60.3 Å². The fourth-order valence-electron chi connectivity index (χ4n) is 12.6. The molecule has 0 fully saturated rings. The van der Waals surface area contributed by atoms with Crippen LogP contribution in [0.5, 0.6) is 0 Å². The fourth-order valence-corrected chi connectivity index (χ4v) is 12.6. The lowest BCUT2D eigenvalue weighted by atomic mass is 9.82. The molecule has 0 saturated heterocycles. The van der Waals surface area contributed by atoms with Crippen LogP contribution in [0.15, 0.2) is 187 Å². The molecule has 77 heavy (non-hydrogen) atoms. The summed E-state index contributed by atoms with van der Waals surface area (Å²) in [6, 6.07) is 37.7. The summed E-state index contributed by atoms with van der Waals surface area (Å²) in [6.07, 6.45) is 32.3. The third-order valence-corrected chi connectivity index (χ3v) is 17.2. The third-order valence-electron chi connectivity index (χ3n) is 17.2. The van der Waals surface area contributed by atoms with Gasteiger partial charge in [-0.3, -0.25) is 0 Å². The monoisotopic (exact) mass is 1010 g/mol. The van der Waals surface area contributed by atoms with Crippen molar-refractivity contribution in [3.8, 4) is 0 Å². The standard InChI is InChI=1S/C75H78N2/c1-14-66-52(8)41-64(42-53(66)9)76(62-37-48(4)56(12)49(5)38-62)73(35-31-58-30-32-59-25-21-22-26-60(59)45-58)68-33-34-70-72(61-27-20-18-16-17-19-24-47(3)36-61)46-74(71-29-23-28-69(68)75(70)71)77(63-39-50(6)57(13)51(7)40-63)65-43-54(10)67(15-2)55(11)44-65/h16-17,19-27,29-30,32-46,48,56H,3,14-15,18,28,31H2,1-2,4-13H3/b17-16-,24-19-,27-20-,61-36+,73-35+. The maximum Gasteiger partial charge on any atom is 0.0546 e. The lowest BCUT2D eigenvalue weighted by Crippen LogP contribution is -2.26. The average molecular weight is 1010 g/mol. The maximum atomic E-state index is 4.58. The summed E-state index contributed by atoms with van der Waals surface area (Å²) in [5.74, 6) is 0.814. The Balaban J connectivity index is 1.33. The van der Waals surface area contributed by atoms with E-state index < -0.39 is 0 Å². The molecule has 0 bridgehead atoms. The zero-order valence-electron chi connectivity index (χ0n) is 48.0. The first-order chi connectivity index (χ1) is 37.1. The Morgan fingerprint density at radius 3 is 1.95 bits per heavy atom. The molecule has 10 rings (SSSR count). The summed E-state index contributed by atoms with van der Waals surface area (Å²) in [6.45, 7) is 32.2. The second-order valence-corrected chi connectivity index (χ2v) is 22.4. The molecule has 3 aliphatic carbocycles. The van der Waals surface area contributed by atoms with Crippen LogP contribution in [-0.4, -0.2) is 0 Å². The molecule has 388 valence electrons. The van der Waals surface area contributed by atoms with Crippen molar-refractivity contribution in [2.45, 2.75) is 115 Å². The highest BCUT2D eigenvalue weighted by Gasteiger charge is 2.30. The van der Waals surface area contributed by atoms with Crippen LogP contribution in [0.2, 0.25) is 0 Å². The molecule has 0 saturated carbocycles. The molecule has 0 N–H and O–H groups in total. The predicted molar refractivity (Wildman–Crippen MR) is 337 cm³/mol. The molecule has 0 radical (unpaired) electrons. The Morgan fingerprint density at radius 2 is 1.29 bits per heavy atom. The quantitative estimate of drug-likeness (QED) is 0.120. The van der Waals surface area contributed by atoms with Gasteiger partial charge in [-0.2, -0.15) is 0 Å². The van der Waals surface area contributed by atoms with Crippen LogP contribution < -0.4 is 9.80 Å². The highest BCUT2D eigenvalue weighted by Crippen LogP contribution is 2.49. The normalized spacial score (nSPS) is 18.4. The second kappa shape index (κ2) is 22.1. The third kappa shape index (κ3) is 10.4. The summed E-state index contributed by atoms with van der Waals surface area (Å²) >= 11 is 0. The zero-order valence-corrected chi connectivity index (χ0v) is 48.0. The molecule has 7 aromatic carbocycles. The number of hydrogen-bond donors (Lipinski definition) is 0. The average Bonchev–Trinajstić information content (AvgIpc) is 3.50. The molecule has 0 amide bonds. The van der Waals surface area contributed by atoms with Gasteiger partial charge in [-0.1, -0.05) is 155 Å². The second-order valence-electron chi connectivity index (χ2n) is 22.4. The Kier molecular flexibility index (Phi) is 15.2. The van der Waals surface area contributed by atoms with E-state index in [0.29, 0.717) is 11.8 Å². The van der Waals surface area contributed by atoms with E-state index in [-0.39, 0.29) is 0 Å². The topological polar surface area (TPSA) is 6.48 Å². The predicted octanol–water partition coefficient (Wildman–Crippen LogP) is 20.5. The Hall–Kier alpha value is -7.68. The molecule has 0 spiro atoms. The number of nitrogens with zero attached hydrogens (tertiary/aromatic N) is 2. The van der Waals surface area contributed by atoms with Crippen LogP contribution >= 0.6 is 0 Å². The van der Waals surface area contributed by atoms with Crippen molar-refractivity contribution in [1.29, 1.82) is 0 Å². The number of allylic oxidation sites excluding steroid dienone is 14. The first-order valence-electron chi connectivity index (χ1n) is 28.3. The first-order valence-corrected chi connectivity index (χ1v) is 28.3. The highest BCUT2D eigenvalue weighted by atomic mass is 15.2. The summed E-state index contributed by atoms with van der Waals surface area (Å²) in [5, 5.41) is 5.07. The zero-order chi connectivity index (χ0) is 54.2. The van der Waals surface area contributed by atoms with Crippen LogP contribution in [0.25, 0.3) is 38.9 Å². The van der Waals surface area contributed by atoms with E-state index in [0.717, 1.165) is 54.6 Å². The van der Waals surface area contributed by atoms with Crippen molar-refractivity contribution in [3.63, 3.8) is 0 Å². The van der Waals surface area contributed by atoms with Gasteiger partial charge in [0.2, 0.25) is 0 Å². The van der Waals surface area contributed by atoms with Crippen molar-refractivity contribution >= 4 is 61.6 Å². The fraction of sp³-hybridized carbons (Fsp3) is 0.253. The number of aryl methyl sites for hydroxylation is 6. The van der Waals surface area contributed by atoms with Crippen LogP contribution in [0.4, 0.5) is 22.7 Å². The van der Waals surface area contributed by atoms with Crippen molar-refractivity contribution < 1.29 is 0 Å². The van der Waals surface area contributed by atoms with Gasteiger partial charge < -0.3 is 9.80 Å². The van der Waals surface area contributed by atoms with Crippen molar-refractivity contribution in [3.05, 3.63) is 265 Å². The Morgan fingerprint density at radius 1 is 0.636 bits per heavy atom. The van der Waals surface area contributed by atoms with E-state index in [1.807, 2.05) is 0 Å². The lowest BCUT2D eigenvalue weighted by Gasteiger charge is -2.36. The molecule has 0 heterocycles. The molecule has 0 aromatic heterocycles. The van der Waals surface area contributed by atoms with Gasteiger partial charge in [0, 0.05) is 39.6 Å².